The smallest absolute Gasteiger partial charge is 0.303 e. The average molecular weight is 763 g/mol. The molecule has 0 saturated heterocycles. The lowest BCUT2D eigenvalue weighted by Crippen LogP contribution is -2.51. The van der Waals surface area contributed by atoms with Crippen molar-refractivity contribution in [3.63, 3.8) is 0 Å². The molecule has 0 fully saturated rings. The highest BCUT2D eigenvalue weighted by Crippen LogP contribution is 2.42. The number of carbonyl (C=O) groups is 3. The summed E-state index contributed by atoms with van der Waals surface area (Å²) < 4.78 is 32.1. The van der Waals surface area contributed by atoms with Gasteiger partial charge in [-0.25, -0.2) is 0 Å². The largest absolute Gasteiger partial charge is 0.456 e. The maximum atomic E-state index is 13.0. The van der Waals surface area contributed by atoms with E-state index < -0.39 is 47.4 Å². The van der Waals surface area contributed by atoms with Crippen molar-refractivity contribution in [3.8, 4) is 0 Å². The predicted octanol–water partition coefficient (Wildman–Crippen LogP) is 8.80. The van der Waals surface area contributed by atoms with Crippen LogP contribution in [0.3, 0.4) is 0 Å². The van der Waals surface area contributed by atoms with Crippen LogP contribution in [-0.2, 0) is 49.3 Å². The van der Waals surface area contributed by atoms with Crippen LogP contribution < -0.4 is 0 Å². The molecule has 0 bridgehead atoms. The van der Waals surface area contributed by atoms with Crippen LogP contribution in [0.5, 0.6) is 0 Å². The minimum Gasteiger partial charge on any atom is -0.456 e. The first-order chi connectivity index (χ1) is 27.7. The van der Waals surface area contributed by atoms with Gasteiger partial charge in [0, 0.05) is 20.8 Å². The molecule has 0 aromatic heterocycles. The third-order valence-corrected chi connectivity index (χ3v) is 9.68. The van der Waals surface area contributed by atoms with Crippen molar-refractivity contribution < 1.29 is 38.1 Å². The quantitative estimate of drug-likeness (QED) is 0.0517. The summed E-state index contributed by atoms with van der Waals surface area (Å²) in [5, 5.41) is 0. The van der Waals surface area contributed by atoms with Crippen molar-refractivity contribution in [2.45, 2.75) is 50.3 Å². The van der Waals surface area contributed by atoms with Crippen LogP contribution in [0.2, 0.25) is 0 Å². The lowest BCUT2D eigenvalue weighted by atomic mass is 9.80. The average Bonchev–Trinajstić information content (AvgIpc) is 3.24. The molecule has 0 aliphatic carbocycles. The normalized spacial score (nSPS) is 12.6. The number of esters is 3. The lowest BCUT2D eigenvalue weighted by Gasteiger charge is -2.40. The first-order valence-electron chi connectivity index (χ1n) is 18.9. The van der Waals surface area contributed by atoms with Gasteiger partial charge in [0.25, 0.3) is 0 Å². The second-order valence-corrected chi connectivity index (χ2v) is 13.6. The summed E-state index contributed by atoms with van der Waals surface area (Å²) in [4.78, 5) is 38.9. The van der Waals surface area contributed by atoms with E-state index in [0.29, 0.717) is 0 Å². The van der Waals surface area contributed by atoms with Gasteiger partial charge in [0.1, 0.15) is 11.2 Å². The fraction of sp³-hybridized carbons (Fsp3) is 0.204. The Morgan fingerprint density at radius 1 is 0.368 bits per heavy atom. The third kappa shape index (κ3) is 9.38. The molecule has 0 spiro atoms. The van der Waals surface area contributed by atoms with E-state index >= 15 is 0 Å². The van der Waals surface area contributed by atoms with E-state index in [1.165, 1.54) is 20.8 Å². The molecule has 6 aromatic carbocycles. The van der Waals surface area contributed by atoms with Crippen molar-refractivity contribution >= 4 is 17.9 Å². The Kier molecular flexibility index (Phi) is 13.4. The summed E-state index contributed by atoms with van der Waals surface area (Å²) >= 11 is 0. The van der Waals surface area contributed by atoms with E-state index in [0.717, 1.165) is 33.4 Å². The third-order valence-electron chi connectivity index (χ3n) is 9.68. The standard InChI is InChI=1S/C49H46O8/c1-36(50)55-45(34-53-48(39-22-10-4-11-23-39,40-24-12-5-13-25-40)41-26-14-6-15-27-41)47(57-38(3)52)46(56-37(2)51)35-54-49(42-28-16-7-17-29-42,43-30-18-8-19-31-43)44-32-20-9-21-33-44/h4-33,45-47H,34-35H2,1-3H3/t45-,46-/m0/s1. The van der Waals surface area contributed by atoms with Gasteiger partial charge in [0.05, 0.1) is 13.2 Å². The first-order valence-corrected chi connectivity index (χ1v) is 18.9. The van der Waals surface area contributed by atoms with Gasteiger partial charge in [0.2, 0.25) is 0 Å². The summed E-state index contributed by atoms with van der Waals surface area (Å²) in [7, 11) is 0. The molecular weight excluding hydrogens is 717 g/mol. The molecule has 0 amide bonds. The van der Waals surface area contributed by atoms with Crippen molar-refractivity contribution in [3.05, 3.63) is 215 Å². The van der Waals surface area contributed by atoms with Gasteiger partial charge in [-0.05, 0) is 33.4 Å². The molecular formula is C49H46O8. The molecule has 8 nitrogen and oxygen atoms in total. The van der Waals surface area contributed by atoms with E-state index in [9.17, 15) is 14.4 Å². The summed E-state index contributed by atoms with van der Waals surface area (Å²) in [6.07, 6.45) is -3.90. The van der Waals surface area contributed by atoms with Gasteiger partial charge in [-0.3, -0.25) is 14.4 Å². The van der Waals surface area contributed by atoms with Gasteiger partial charge in [-0.2, -0.15) is 0 Å². The predicted molar refractivity (Wildman–Crippen MR) is 217 cm³/mol. The van der Waals surface area contributed by atoms with Gasteiger partial charge < -0.3 is 23.7 Å². The fourth-order valence-corrected chi connectivity index (χ4v) is 7.35. The number of ether oxygens (including phenoxy) is 5. The summed E-state index contributed by atoms with van der Waals surface area (Å²) in [6.45, 7) is 3.21. The van der Waals surface area contributed by atoms with Gasteiger partial charge in [-0.15, -0.1) is 0 Å². The van der Waals surface area contributed by atoms with Crippen LogP contribution in [0, 0.1) is 0 Å². The van der Waals surface area contributed by atoms with E-state index in [1.54, 1.807) is 0 Å². The Hall–Kier alpha value is -6.35. The Bertz CT molecular complexity index is 1820. The monoisotopic (exact) mass is 762 g/mol. The molecule has 6 rings (SSSR count). The number of hydrogen-bond acceptors (Lipinski definition) is 8. The van der Waals surface area contributed by atoms with Crippen molar-refractivity contribution in [2.75, 3.05) is 13.2 Å². The summed E-state index contributed by atoms with van der Waals surface area (Å²) in [5.74, 6) is -1.99. The van der Waals surface area contributed by atoms with E-state index in [1.807, 2.05) is 182 Å². The Labute approximate surface area is 334 Å². The molecule has 0 aliphatic rings. The van der Waals surface area contributed by atoms with Crippen LogP contribution in [0.4, 0.5) is 0 Å². The zero-order valence-corrected chi connectivity index (χ0v) is 32.2. The molecule has 2 atom stereocenters. The molecule has 290 valence electrons. The van der Waals surface area contributed by atoms with Gasteiger partial charge >= 0.3 is 17.9 Å². The molecule has 6 aromatic rings. The van der Waals surface area contributed by atoms with E-state index in [4.69, 9.17) is 23.7 Å². The topological polar surface area (TPSA) is 97.4 Å². The molecule has 8 heteroatoms. The minimum absolute atomic E-state index is 0.283. The number of hydrogen-bond donors (Lipinski definition) is 0. The first kappa shape index (κ1) is 40.3. The summed E-state index contributed by atoms with van der Waals surface area (Å²) in [5.41, 5.74) is 2.45. The highest BCUT2D eigenvalue weighted by atomic mass is 16.6. The molecule has 0 saturated carbocycles. The fourth-order valence-electron chi connectivity index (χ4n) is 7.35. The molecule has 57 heavy (non-hydrogen) atoms. The molecule has 0 unspecified atom stereocenters. The highest BCUT2D eigenvalue weighted by Gasteiger charge is 2.45. The SMILES string of the molecule is CC(=O)OC([C@H](COC(c1ccccc1)(c1ccccc1)c1ccccc1)OC(C)=O)[C@H](COC(c1ccccc1)(c1ccccc1)c1ccccc1)OC(C)=O. The molecule has 0 radical (unpaired) electrons. The van der Waals surface area contributed by atoms with Crippen LogP contribution in [0.15, 0.2) is 182 Å². The highest BCUT2D eigenvalue weighted by molar-refractivity contribution is 5.68. The van der Waals surface area contributed by atoms with Crippen LogP contribution in [0.1, 0.15) is 54.2 Å². The minimum atomic E-state index is -1.37. The van der Waals surface area contributed by atoms with Gasteiger partial charge in [-0.1, -0.05) is 182 Å². The maximum Gasteiger partial charge on any atom is 0.303 e. The van der Waals surface area contributed by atoms with Crippen molar-refractivity contribution in [1.82, 2.24) is 0 Å². The van der Waals surface area contributed by atoms with Crippen molar-refractivity contribution in [2.24, 2.45) is 0 Å². The molecule has 0 heterocycles. The Morgan fingerprint density at radius 3 is 0.772 bits per heavy atom. The number of rotatable bonds is 17. The van der Waals surface area contributed by atoms with E-state index in [2.05, 4.69) is 0 Å². The van der Waals surface area contributed by atoms with E-state index in [-0.39, 0.29) is 13.2 Å². The van der Waals surface area contributed by atoms with Crippen LogP contribution in [-0.4, -0.2) is 49.4 Å². The zero-order chi connectivity index (χ0) is 40.1. The van der Waals surface area contributed by atoms with Gasteiger partial charge in [0.15, 0.2) is 18.3 Å². The lowest BCUT2D eigenvalue weighted by molar-refractivity contribution is -0.198. The van der Waals surface area contributed by atoms with Crippen molar-refractivity contribution in [1.29, 1.82) is 0 Å². The van der Waals surface area contributed by atoms with Crippen LogP contribution in [0.25, 0.3) is 0 Å². The summed E-state index contributed by atoms with van der Waals surface area (Å²) in [6, 6.07) is 58.3. The second-order valence-electron chi connectivity index (χ2n) is 13.6. The maximum absolute atomic E-state index is 13.0. The second kappa shape index (κ2) is 19.0. The Morgan fingerprint density at radius 2 is 0.579 bits per heavy atom. The zero-order valence-electron chi connectivity index (χ0n) is 32.2. The molecule has 0 N–H and O–H groups in total. The number of benzene rings is 6. The van der Waals surface area contributed by atoms with Crippen LogP contribution >= 0.6 is 0 Å². The number of carbonyl (C=O) groups excluding carboxylic acids is 3. The molecule has 0 aliphatic heterocycles. The Balaban J connectivity index is 1.46.